The van der Waals surface area contributed by atoms with Crippen molar-refractivity contribution in [2.75, 3.05) is 0 Å². The average Bonchev–Trinajstić information content (AvgIpc) is 2.14. The number of aliphatic hydroxyl groups is 1. The minimum atomic E-state index is -0.949. The highest BCUT2D eigenvalue weighted by molar-refractivity contribution is 5.70. The molecule has 0 aliphatic carbocycles. The Morgan fingerprint density at radius 1 is 1.43 bits per heavy atom. The third-order valence-corrected chi connectivity index (χ3v) is 2.63. The van der Waals surface area contributed by atoms with Gasteiger partial charge in [0.1, 0.15) is 0 Å². The van der Waals surface area contributed by atoms with Crippen molar-refractivity contribution in [3.63, 3.8) is 0 Å². The molecule has 0 rings (SSSR count). The number of carbonyl (C=O) groups is 1. The molecule has 0 unspecified atom stereocenters. The maximum Gasteiger partial charge on any atom is 0.308 e. The topological polar surface area (TPSA) is 57.5 Å². The molecule has 14 heavy (non-hydrogen) atoms. The highest BCUT2D eigenvalue weighted by Gasteiger charge is 2.26. The van der Waals surface area contributed by atoms with Crippen LogP contribution in [0.5, 0.6) is 0 Å². The van der Waals surface area contributed by atoms with E-state index in [4.69, 9.17) is 5.11 Å². The second-order valence-electron chi connectivity index (χ2n) is 4.04. The second kappa shape index (κ2) is 5.81. The molecule has 0 aromatic carbocycles. The Balaban J connectivity index is 4.17. The van der Waals surface area contributed by atoms with Crippen molar-refractivity contribution in [2.45, 2.75) is 33.3 Å². The highest BCUT2D eigenvalue weighted by Crippen LogP contribution is 2.21. The number of carboxylic acid groups (broad SMARTS) is 1. The van der Waals surface area contributed by atoms with Crippen LogP contribution in [0, 0.1) is 17.8 Å². The van der Waals surface area contributed by atoms with E-state index in [1.807, 2.05) is 19.9 Å². The van der Waals surface area contributed by atoms with E-state index in [2.05, 4.69) is 6.58 Å². The van der Waals surface area contributed by atoms with Gasteiger partial charge < -0.3 is 10.2 Å². The van der Waals surface area contributed by atoms with E-state index in [1.54, 1.807) is 0 Å². The molecule has 0 aromatic heterocycles. The summed E-state index contributed by atoms with van der Waals surface area (Å²) in [6.07, 6.45) is 1.80. The molecule has 3 heteroatoms. The number of hydrogen-bond acceptors (Lipinski definition) is 2. The first kappa shape index (κ1) is 13.2. The quantitative estimate of drug-likeness (QED) is 0.644. The molecule has 0 saturated carbocycles. The fourth-order valence-corrected chi connectivity index (χ4v) is 1.46. The normalized spacial score (nSPS) is 19.4. The molecule has 82 valence electrons. The molecular formula is C11H20O3. The first-order chi connectivity index (χ1) is 6.40. The zero-order valence-electron chi connectivity index (χ0n) is 9.10. The number of aliphatic carboxylic acids is 1. The van der Waals surface area contributed by atoms with Gasteiger partial charge in [-0.3, -0.25) is 4.79 Å². The van der Waals surface area contributed by atoms with Crippen LogP contribution >= 0.6 is 0 Å². The maximum absolute atomic E-state index is 10.6. The smallest absolute Gasteiger partial charge is 0.308 e. The molecule has 2 N–H and O–H groups in total. The third-order valence-electron chi connectivity index (χ3n) is 2.63. The van der Waals surface area contributed by atoms with Crippen LogP contribution in [0.3, 0.4) is 0 Å². The van der Waals surface area contributed by atoms with E-state index in [0.717, 1.165) is 6.42 Å². The molecular weight excluding hydrogens is 180 g/mol. The molecule has 0 fully saturated rings. The van der Waals surface area contributed by atoms with Gasteiger partial charge in [0, 0.05) is 0 Å². The van der Waals surface area contributed by atoms with Gasteiger partial charge >= 0.3 is 5.97 Å². The Kier molecular flexibility index (Phi) is 5.46. The van der Waals surface area contributed by atoms with Crippen LogP contribution in [-0.4, -0.2) is 22.3 Å². The van der Waals surface area contributed by atoms with Crippen LogP contribution in [0.25, 0.3) is 0 Å². The van der Waals surface area contributed by atoms with Gasteiger partial charge in [-0.1, -0.05) is 19.9 Å². The first-order valence-corrected chi connectivity index (χ1v) is 4.93. The second-order valence-corrected chi connectivity index (χ2v) is 4.04. The summed E-state index contributed by atoms with van der Waals surface area (Å²) in [5.74, 6) is -1.37. The maximum atomic E-state index is 10.6. The lowest BCUT2D eigenvalue weighted by molar-refractivity contribution is -0.146. The van der Waals surface area contributed by atoms with E-state index >= 15 is 0 Å². The minimum Gasteiger partial charge on any atom is -0.481 e. The predicted octanol–water partition coefficient (Wildman–Crippen LogP) is 1.92. The number of carboxylic acids is 1. The highest BCUT2D eigenvalue weighted by atomic mass is 16.4. The lowest BCUT2D eigenvalue weighted by Gasteiger charge is -2.23. The fraction of sp³-hybridized carbons (Fsp3) is 0.727. The van der Waals surface area contributed by atoms with Crippen molar-refractivity contribution in [3.05, 3.63) is 12.7 Å². The van der Waals surface area contributed by atoms with Gasteiger partial charge in [-0.05, 0) is 25.2 Å². The molecule has 0 bridgehead atoms. The SMILES string of the molecule is C=C[C@@H](C)C[C@@H](C)[C@@H](O)[C@H](C)C(=O)O. The number of aliphatic hydroxyl groups excluding tert-OH is 1. The number of allylic oxidation sites excluding steroid dienone is 1. The van der Waals surface area contributed by atoms with E-state index < -0.39 is 18.0 Å². The van der Waals surface area contributed by atoms with Crippen LogP contribution in [0.1, 0.15) is 27.2 Å². The van der Waals surface area contributed by atoms with Crippen molar-refractivity contribution < 1.29 is 15.0 Å². The summed E-state index contributed by atoms with van der Waals surface area (Å²) in [7, 11) is 0. The molecule has 0 amide bonds. The van der Waals surface area contributed by atoms with Gasteiger partial charge in [0.2, 0.25) is 0 Å². The summed E-state index contributed by atoms with van der Waals surface area (Å²) in [4.78, 5) is 10.6. The van der Waals surface area contributed by atoms with Crippen LogP contribution in [0.4, 0.5) is 0 Å². The Morgan fingerprint density at radius 2 is 1.93 bits per heavy atom. The fourth-order valence-electron chi connectivity index (χ4n) is 1.46. The van der Waals surface area contributed by atoms with Gasteiger partial charge in [0.15, 0.2) is 0 Å². The van der Waals surface area contributed by atoms with Crippen LogP contribution in [0.2, 0.25) is 0 Å². The lowest BCUT2D eigenvalue weighted by atomic mass is 9.87. The largest absolute Gasteiger partial charge is 0.481 e. The van der Waals surface area contributed by atoms with E-state index in [1.165, 1.54) is 6.92 Å². The lowest BCUT2D eigenvalue weighted by Crippen LogP contribution is -2.31. The molecule has 0 spiro atoms. The van der Waals surface area contributed by atoms with Crippen molar-refractivity contribution in [3.8, 4) is 0 Å². The average molecular weight is 200 g/mol. The van der Waals surface area contributed by atoms with Crippen molar-refractivity contribution in [1.82, 2.24) is 0 Å². The van der Waals surface area contributed by atoms with E-state index in [9.17, 15) is 9.90 Å². The zero-order chi connectivity index (χ0) is 11.3. The van der Waals surface area contributed by atoms with E-state index in [-0.39, 0.29) is 5.92 Å². The van der Waals surface area contributed by atoms with Gasteiger partial charge in [-0.15, -0.1) is 6.58 Å². The molecule has 0 radical (unpaired) electrons. The number of hydrogen-bond donors (Lipinski definition) is 2. The predicted molar refractivity (Wildman–Crippen MR) is 55.9 cm³/mol. The first-order valence-electron chi connectivity index (χ1n) is 4.93. The van der Waals surface area contributed by atoms with Gasteiger partial charge in [0.25, 0.3) is 0 Å². The van der Waals surface area contributed by atoms with Gasteiger partial charge in [0.05, 0.1) is 12.0 Å². The van der Waals surface area contributed by atoms with E-state index in [0.29, 0.717) is 5.92 Å². The summed E-state index contributed by atoms with van der Waals surface area (Å²) >= 11 is 0. The third kappa shape index (κ3) is 3.92. The zero-order valence-corrected chi connectivity index (χ0v) is 9.10. The monoisotopic (exact) mass is 200 g/mol. The molecule has 0 aliphatic rings. The van der Waals surface area contributed by atoms with Crippen molar-refractivity contribution >= 4 is 5.97 Å². The molecule has 3 nitrogen and oxygen atoms in total. The van der Waals surface area contributed by atoms with Crippen LogP contribution in [-0.2, 0) is 4.79 Å². The Bertz CT molecular complexity index is 201. The van der Waals surface area contributed by atoms with Crippen molar-refractivity contribution in [2.24, 2.45) is 17.8 Å². The molecule has 4 atom stereocenters. The Labute approximate surface area is 85.4 Å². The summed E-state index contributed by atoms with van der Waals surface area (Å²) in [6, 6.07) is 0. The summed E-state index contributed by atoms with van der Waals surface area (Å²) in [6.45, 7) is 9.05. The van der Waals surface area contributed by atoms with Crippen LogP contribution in [0.15, 0.2) is 12.7 Å². The Morgan fingerprint density at radius 3 is 2.29 bits per heavy atom. The summed E-state index contributed by atoms with van der Waals surface area (Å²) in [5, 5.41) is 18.4. The minimum absolute atomic E-state index is 0.0194. The number of rotatable bonds is 6. The van der Waals surface area contributed by atoms with Gasteiger partial charge in [-0.2, -0.15) is 0 Å². The summed E-state index contributed by atoms with van der Waals surface area (Å²) in [5.41, 5.74) is 0. The molecule has 0 aliphatic heterocycles. The molecule has 0 saturated heterocycles. The molecule has 0 heterocycles. The molecule has 0 aromatic rings. The standard InChI is InChI=1S/C11H20O3/c1-5-7(2)6-8(3)10(12)9(4)11(13)14/h5,7-10,12H,1,6H2,2-4H3,(H,13,14)/t7-,8-,9+,10-/m1/s1. The summed E-state index contributed by atoms with van der Waals surface area (Å²) < 4.78 is 0. The Hall–Kier alpha value is -0.830. The van der Waals surface area contributed by atoms with Crippen LogP contribution < -0.4 is 0 Å². The van der Waals surface area contributed by atoms with Gasteiger partial charge in [-0.25, -0.2) is 0 Å². The van der Waals surface area contributed by atoms with Crippen molar-refractivity contribution in [1.29, 1.82) is 0 Å².